The summed E-state index contributed by atoms with van der Waals surface area (Å²) in [5, 5.41) is 13.2. The van der Waals surface area contributed by atoms with Gasteiger partial charge in [-0.2, -0.15) is 0 Å². The summed E-state index contributed by atoms with van der Waals surface area (Å²) in [6.45, 7) is 0. The molecule has 0 spiro atoms. The molecule has 0 saturated heterocycles. The van der Waals surface area contributed by atoms with Gasteiger partial charge in [-0.1, -0.05) is 12.1 Å². The normalized spacial score (nSPS) is 10.2. The van der Waals surface area contributed by atoms with Gasteiger partial charge in [0.2, 0.25) is 0 Å². The van der Waals surface area contributed by atoms with Crippen molar-refractivity contribution in [2.24, 2.45) is 0 Å². The Hall–Kier alpha value is -2.47. The third-order valence-electron chi connectivity index (χ3n) is 2.75. The van der Waals surface area contributed by atoms with E-state index in [4.69, 9.17) is 11.6 Å². The fourth-order valence-corrected chi connectivity index (χ4v) is 1.92. The average Bonchev–Trinajstić information content (AvgIpc) is 2.47. The summed E-state index contributed by atoms with van der Waals surface area (Å²) in [6.07, 6.45) is 0. The molecule has 0 aliphatic rings. The van der Waals surface area contributed by atoms with Crippen LogP contribution in [0, 0.1) is 15.9 Å². The molecule has 0 aliphatic carbocycles. The molecule has 0 fully saturated rings. The Morgan fingerprint density at radius 3 is 2.71 bits per heavy atom. The van der Waals surface area contributed by atoms with Gasteiger partial charge in [0.1, 0.15) is 11.5 Å². The van der Waals surface area contributed by atoms with Gasteiger partial charge in [0.15, 0.2) is 0 Å². The highest BCUT2D eigenvalue weighted by Gasteiger charge is 2.17. The molecule has 21 heavy (non-hydrogen) atoms. The summed E-state index contributed by atoms with van der Waals surface area (Å²) in [4.78, 5) is 22.2. The largest absolute Gasteiger partial charge is 0.316 e. The first-order valence-corrected chi connectivity index (χ1v) is 6.45. The average molecular weight is 309 g/mol. The van der Waals surface area contributed by atoms with Gasteiger partial charge in [-0.05, 0) is 23.8 Å². The second kappa shape index (κ2) is 6.32. The van der Waals surface area contributed by atoms with Crippen molar-refractivity contribution in [1.82, 2.24) is 0 Å². The lowest BCUT2D eigenvalue weighted by molar-refractivity contribution is -0.384. The first-order chi connectivity index (χ1) is 10.0. The van der Waals surface area contributed by atoms with Crippen LogP contribution in [0.2, 0.25) is 0 Å². The minimum absolute atomic E-state index is 0.193. The molecule has 0 unspecified atom stereocenters. The van der Waals surface area contributed by atoms with Crippen LogP contribution in [0.3, 0.4) is 0 Å². The van der Waals surface area contributed by atoms with Crippen LogP contribution in [-0.4, -0.2) is 10.8 Å². The fraction of sp³-hybridized carbons (Fsp3) is 0.0714. The predicted molar refractivity (Wildman–Crippen MR) is 77.0 cm³/mol. The van der Waals surface area contributed by atoms with E-state index in [1.807, 2.05) is 0 Å². The molecular formula is C14H10ClFN2O3. The summed E-state index contributed by atoms with van der Waals surface area (Å²) in [5.41, 5.74) is 0.448. The molecule has 5 nitrogen and oxygen atoms in total. The maximum atomic E-state index is 13.2. The number of carbonyl (C=O) groups excluding carboxylic acids is 1. The van der Waals surface area contributed by atoms with E-state index >= 15 is 0 Å². The van der Waals surface area contributed by atoms with E-state index in [1.165, 1.54) is 6.07 Å². The van der Waals surface area contributed by atoms with Crippen molar-refractivity contribution in [1.29, 1.82) is 0 Å². The van der Waals surface area contributed by atoms with Gasteiger partial charge in [-0.3, -0.25) is 14.9 Å². The second-order valence-electron chi connectivity index (χ2n) is 4.21. The molecule has 0 heterocycles. The number of nitro groups is 1. The monoisotopic (exact) mass is 308 g/mol. The van der Waals surface area contributed by atoms with E-state index in [2.05, 4.69) is 5.32 Å². The Balaban J connectivity index is 2.30. The molecule has 0 aromatic heterocycles. The molecule has 0 bridgehead atoms. The maximum Gasteiger partial charge on any atom is 0.292 e. The van der Waals surface area contributed by atoms with Crippen LogP contribution < -0.4 is 5.32 Å². The standard InChI is InChI=1S/C14H10ClFN2O3/c15-8-9-2-1-3-10(6-9)14(19)17-12-7-11(16)4-5-13(12)18(20)21/h1-7H,8H2,(H,17,19). The van der Waals surface area contributed by atoms with Crippen LogP contribution in [0.4, 0.5) is 15.8 Å². The van der Waals surface area contributed by atoms with Gasteiger partial charge in [-0.25, -0.2) is 4.39 Å². The predicted octanol–water partition coefficient (Wildman–Crippen LogP) is 3.73. The Kier molecular flexibility index (Phi) is 4.49. The number of halogens is 2. The molecule has 0 saturated carbocycles. The van der Waals surface area contributed by atoms with Crippen molar-refractivity contribution < 1.29 is 14.1 Å². The number of carbonyl (C=O) groups is 1. The Labute approximate surface area is 124 Å². The number of nitro benzene ring substituents is 1. The number of rotatable bonds is 4. The first kappa shape index (κ1) is 14.9. The van der Waals surface area contributed by atoms with Gasteiger partial charge in [0, 0.05) is 23.6 Å². The van der Waals surface area contributed by atoms with Crippen LogP contribution >= 0.6 is 11.6 Å². The van der Waals surface area contributed by atoms with Gasteiger partial charge >= 0.3 is 0 Å². The van der Waals surface area contributed by atoms with Crippen LogP contribution in [-0.2, 0) is 5.88 Å². The third kappa shape index (κ3) is 3.55. The quantitative estimate of drug-likeness (QED) is 0.531. The highest BCUT2D eigenvalue weighted by atomic mass is 35.5. The Morgan fingerprint density at radius 2 is 2.05 bits per heavy atom. The lowest BCUT2D eigenvalue weighted by Crippen LogP contribution is -2.13. The maximum absolute atomic E-state index is 13.2. The molecular weight excluding hydrogens is 299 g/mol. The first-order valence-electron chi connectivity index (χ1n) is 5.91. The number of benzene rings is 2. The second-order valence-corrected chi connectivity index (χ2v) is 4.47. The molecule has 0 radical (unpaired) electrons. The molecule has 1 N–H and O–H groups in total. The van der Waals surface area contributed by atoms with Gasteiger partial charge in [0.05, 0.1) is 4.92 Å². The summed E-state index contributed by atoms with van der Waals surface area (Å²) in [7, 11) is 0. The molecule has 2 aromatic rings. The molecule has 0 aliphatic heterocycles. The lowest BCUT2D eigenvalue weighted by atomic mass is 10.1. The highest BCUT2D eigenvalue weighted by Crippen LogP contribution is 2.25. The van der Waals surface area contributed by atoms with Gasteiger partial charge < -0.3 is 5.32 Å². The Bertz CT molecular complexity index is 706. The Morgan fingerprint density at radius 1 is 1.29 bits per heavy atom. The van der Waals surface area contributed by atoms with Crippen LogP contribution in [0.1, 0.15) is 15.9 Å². The van der Waals surface area contributed by atoms with Crippen LogP contribution in [0.25, 0.3) is 0 Å². The fourth-order valence-electron chi connectivity index (χ4n) is 1.76. The van der Waals surface area contributed by atoms with E-state index in [0.29, 0.717) is 0 Å². The number of hydrogen-bond acceptors (Lipinski definition) is 3. The summed E-state index contributed by atoms with van der Waals surface area (Å²) >= 11 is 5.68. The molecule has 2 aromatic carbocycles. The zero-order valence-electron chi connectivity index (χ0n) is 10.7. The zero-order valence-corrected chi connectivity index (χ0v) is 11.4. The van der Waals surface area contributed by atoms with E-state index in [1.54, 1.807) is 18.2 Å². The van der Waals surface area contributed by atoms with Crippen molar-refractivity contribution in [3.05, 3.63) is 69.5 Å². The van der Waals surface area contributed by atoms with E-state index < -0.39 is 16.6 Å². The molecule has 2 rings (SSSR count). The van der Waals surface area contributed by atoms with Crippen molar-refractivity contribution in [2.75, 3.05) is 5.32 Å². The lowest BCUT2D eigenvalue weighted by Gasteiger charge is -2.07. The molecule has 108 valence electrons. The summed E-state index contributed by atoms with van der Waals surface area (Å²) < 4.78 is 13.2. The van der Waals surface area contributed by atoms with Crippen molar-refractivity contribution >= 4 is 28.9 Å². The number of nitrogens with zero attached hydrogens (tertiary/aromatic N) is 1. The van der Waals surface area contributed by atoms with Crippen molar-refractivity contribution in [3.63, 3.8) is 0 Å². The number of alkyl halides is 1. The number of hydrogen-bond donors (Lipinski definition) is 1. The molecule has 1 amide bonds. The van der Waals surface area contributed by atoms with Crippen molar-refractivity contribution in [3.8, 4) is 0 Å². The van der Waals surface area contributed by atoms with E-state index in [0.717, 1.165) is 23.8 Å². The topological polar surface area (TPSA) is 72.2 Å². The molecule has 7 heteroatoms. The van der Waals surface area contributed by atoms with Crippen molar-refractivity contribution in [2.45, 2.75) is 5.88 Å². The van der Waals surface area contributed by atoms with E-state index in [9.17, 15) is 19.3 Å². The summed E-state index contributed by atoms with van der Waals surface area (Å²) in [5.74, 6) is -1.01. The zero-order chi connectivity index (χ0) is 15.4. The number of amides is 1. The number of anilines is 1. The van der Waals surface area contributed by atoms with Crippen LogP contribution in [0.15, 0.2) is 42.5 Å². The SMILES string of the molecule is O=C(Nc1cc(F)ccc1[N+](=O)[O-])c1cccc(CCl)c1. The van der Waals surface area contributed by atoms with Gasteiger partial charge in [-0.15, -0.1) is 11.6 Å². The van der Waals surface area contributed by atoms with Gasteiger partial charge in [0.25, 0.3) is 11.6 Å². The minimum Gasteiger partial charge on any atom is -0.316 e. The molecule has 0 atom stereocenters. The third-order valence-corrected chi connectivity index (χ3v) is 3.06. The highest BCUT2D eigenvalue weighted by molar-refractivity contribution is 6.17. The van der Waals surface area contributed by atoms with E-state index in [-0.39, 0.29) is 22.8 Å². The number of nitrogens with one attached hydrogen (secondary N) is 1. The summed E-state index contributed by atoms with van der Waals surface area (Å²) in [6, 6.07) is 9.36. The minimum atomic E-state index is -0.690. The smallest absolute Gasteiger partial charge is 0.292 e. The van der Waals surface area contributed by atoms with Crippen LogP contribution in [0.5, 0.6) is 0 Å².